The van der Waals surface area contributed by atoms with Crippen LogP contribution in [0.3, 0.4) is 0 Å². The number of aromatic nitrogens is 2. The Balaban J connectivity index is 1.91. The molecule has 2 heterocycles. The van der Waals surface area contributed by atoms with Gasteiger partial charge in [-0.25, -0.2) is 8.42 Å². The number of aryl methyl sites for hydroxylation is 1. The van der Waals surface area contributed by atoms with Gasteiger partial charge in [0.15, 0.2) is 0 Å². The molecule has 0 amide bonds. The third-order valence-electron chi connectivity index (χ3n) is 4.94. The van der Waals surface area contributed by atoms with Crippen molar-refractivity contribution >= 4 is 21.4 Å². The van der Waals surface area contributed by atoms with Crippen molar-refractivity contribution in [3.63, 3.8) is 0 Å². The van der Waals surface area contributed by atoms with Gasteiger partial charge >= 0.3 is 0 Å². The van der Waals surface area contributed by atoms with E-state index in [0.717, 1.165) is 31.2 Å². The molecule has 152 valence electrons. The lowest BCUT2D eigenvalue weighted by Gasteiger charge is -2.22. The van der Waals surface area contributed by atoms with Crippen LogP contribution in [0.25, 0.3) is 0 Å². The predicted octanol–water partition coefficient (Wildman–Crippen LogP) is 2.53. The van der Waals surface area contributed by atoms with Crippen LogP contribution in [-0.2, 0) is 23.6 Å². The molecule has 0 unspecified atom stereocenters. The van der Waals surface area contributed by atoms with Gasteiger partial charge in [0, 0.05) is 51.6 Å². The molecule has 1 fully saturated rings. The molecule has 0 spiro atoms. The van der Waals surface area contributed by atoms with Gasteiger partial charge < -0.3 is 4.90 Å². The molecule has 9 nitrogen and oxygen atoms in total. The quantitative estimate of drug-likeness (QED) is 0.539. The number of nitrogens with zero attached hydrogens (tertiary/aromatic N) is 5. The Kier molecular flexibility index (Phi) is 5.99. The highest BCUT2D eigenvalue weighted by Gasteiger charge is 2.28. The fraction of sp³-hybridized carbons (Fsp3) is 0.500. The standard InChI is InChI=1S/C18H25N5O4S/c1-20(13-15-12-19-21(2)14-15)17-8-7-16(11-18(17)23(24)25)28(26,27)22-9-5-3-4-6-10-22/h7-8,11-12,14H,3-6,9-10,13H2,1-2H3. The van der Waals surface area contributed by atoms with Gasteiger partial charge in [-0.15, -0.1) is 0 Å². The molecule has 3 rings (SSSR count). The largest absolute Gasteiger partial charge is 0.365 e. The molecule has 28 heavy (non-hydrogen) atoms. The first-order valence-corrected chi connectivity index (χ1v) is 10.7. The number of hydrogen-bond acceptors (Lipinski definition) is 6. The van der Waals surface area contributed by atoms with Crippen LogP contribution in [0.5, 0.6) is 0 Å². The maximum Gasteiger partial charge on any atom is 0.293 e. The molecule has 2 aromatic rings. The van der Waals surface area contributed by atoms with Crippen molar-refractivity contribution < 1.29 is 13.3 Å². The zero-order chi connectivity index (χ0) is 20.3. The first-order chi connectivity index (χ1) is 13.3. The van der Waals surface area contributed by atoms with Crippen molar-refractivity contribution in [3.8, 4) is 0 Å². The summed E-state index contributed by atoms with van der Waals surface area (Å²) in [5.74, 6) is 0. The van der Waals surface area contributed by atoms with E-state index in [9.17, 15) is 18.5 Å². The minimum absolute atomic E-state index is 0.0281. The molecule has 1 aliphatic rings. The van der Waals surface area contributed by atoms with Crippen LogP contribution >= 0.6 is 0 Å². The van der Waals surface area contributed by atoms with Gasteiger partial charge in [0.1, 0.15) is 5.69 Å². The highest BCUT2D eigenvalue weighted by molar-refractivity contribution is 7.89. The van der Waals surface area contributed by atoms with E-state index >= 15 is 0 Å². The topological polar surface area (TPSA) is 102 Å². The lowest BCUT2D eigenvalue weighted by atomic mass is 10.2. The van der Waals surface area contributed by atoms with Crippen LogP contribution in [0.2, 0.25) is 0 Å². The third-order valence-corrected chi connectivity index (χ3v) is 6.83. The molecule has 1 aromatic heterocycles. The van der Waals surface area contributed by atoms with E-state index in [1.165, 1.54) is 22.5 Å². The Labute approximate surface area is 164 Å². The lowest BCUT2D eigenvalue weighted by Crippen LogP contribution is -2.32. The molecule has 0 aliphatic carbocycles. The minimum Gasteiger partial charge on any atom is -0.365 e. The number of anilines is 1. The molecule has 1 aliphatic heterocycles. The molecule has 0 bridgehead atoms. The summed E-state index contributed by atoms with van der Waals surface area (Å²) < 4.78 is 29.0. The minimum atomic E-state index is -3.74. The molecular weight excluding hydrogens is 382 g/mol. The van der Waals surface area contributed by atoms with Crippen LogP contribution in [0.1, 0.15) is 31.2 Å². The first kappa shape index (κ1) is 20.3. The second-order valence-electron chi connectivity index (χ2n) is 7.10. The van der Waals surface area contributed by atoms with Crippen LogP contribution in [0.15, 0.2) is 35.5 Å². The second-order valence-corrected chi connectivity index (χ2v) is 9.04. The van der Waals surface area contributed by atoms with Crippen LogP contribution in [-0.4, -0.2) is 47.6 Å². The van der Waals surface area contributed by atoms with E-state index in [4.69, 9.17) is 0 Å². The summed E-state index contributed by atoms with van der Waals surface area (Å²) in [6.45, 7) is 1.34. The number of nitro benzene ring substituents is 1. The number of nitro groups is 1. The Morgan fingerprint density at radius 3 is 2.46 bits per heavy atom. The molecule has 1 aromatic carbocycles. The van der Waals surface area contributed by atoms with Gasteiger partial charge in [0.2, 0.25) is 10.0 Å². The predicted molar refractivity (Wildman–Crippen MR) is 106 cm³/mol. The number of hydrogen-bond donors (Lipinski definition) is 0. The van der Waals surface area contributed by atoms with E-state index in [1.807, 2.05) is 6.20 Å². The molecule has 0 atom stereocenters. The molecule has 0 saturated carbocycles. The highest BCUT2D eigenvalue weighted by Crippen LogP contribution is 2.32. The number of rotatable bonds is 6. The Bertz CT molecular complexity index is 949. The molecular formula is C18H25N5O4S. The van der Waals surface area contributed by atoms with Gasteiger partial charge in [0.25, 0.3) is 5.69 Å². The van der Waals surface area contributed by atoms with Crippen molar-refractivity contribution in [2.75, 3.05) is 25.0 Å². The van der Waals surface area contributed by atoms with E-state index in [0.29, 0.717) is 25.3 Å². The van der Waals surface area contributed by atoms with Gasteiger partial charge in [0.05, 0.1) is 16.0 Å². The number of benzene rings is 1. The summed E-state index contributed by atoms with van der Waals surface area (Å²) in [7, 11) is -0.208. The van der Waals surface area contributed by atoms with Crippen molar-refractivity contribution in [2.24, 2.45) is 7.05 Å². The Hall–Kier alpha value is -2.46. The van der Waals surface area contributed by atoms with E-state index < -0.39 is 14.9 Å². The summed E-state index contributed by atoms with van der Waals surface area (Å²) in [6, 6.07) is 4.15. The van der Waals surface area contributed by atoms with Crippen LogP contribution < -0.4 is 4.90 Å². The molecule has 1 saturated heterocycles. The second kappa shape index (κ2) is 8.27. The van der Waals surface area contributed by atoms with Crippen molar-refractivity contribution in [1.29, 1.82) is 0 Å². The fourth-order valence-electron chi connectivity index (χ4n) is 3.48. The summed E-state index contributed by atoms with van der Waals surface area (Å²) in [5, 5.41) is 15.7. The maximum absolute atomic E-state index is 13.0. The van der Waals surface area contributed by atoms with Crippen LogP contribution in [0.4, 0.5) is 11.4 Å². The zero-order valence-corrected chi connectivity index (χ0v) is 16.9. The summed E-state index contributed by atoms with van der Waals surface area (Å²) in [5.41, 5.74) is 1.05. The highest BCUT2D eigenvalue weighted by atomic mass is 32.2. The smallest absolute Gasteiger partial charge is 0.293 e. The Morgan fingerprint density at radius 1 is 1.21 bits per heavy atom. The van der Waals surface area contributed by atoms with Gasteiger partial charge in [-0.1, -0.05) is 12.8 Å². The zero-order valence-electron chi connectivity index (χ0n) is 16.1. The normalized spacial score (nSPS) is 15.9. The fourth-order valence-corrected chi connectivity index (χ4v) is 5.01. The van der Waals surface area contributed by atoms with E-state index in [1.54, 1.807) is 29.9 Å². The van der Waals surface area contributed by atoms with Crippen molar-refractivity contribution in [1.82, 2.24) is 14.1 Å². The van der Waals surface area contributed by atoms with Crippen molar-refractivity contribution in [2.45, 2.75) is 37.1 Å². The molecule has 0 N–H and O–H groups in total. The third kappa shape index (κ3) is 4.33. The van der Waals surface area contributed by atoms with E-state index in [2.05, 4.69) is 5.10 Å². The summed E-state index contributed by atoms with van der Waals surface area (Å²) in [4.78, 5) is 12.8. The lowest BCUT2D eigenvalue weighted by molar-refractivity contribution is -0.384. The molecule has 10 heteroatoms. The van der Waals surface area contributed by atoms with Crippen LogP contribution in [0, 0.1) is 10.1 Å². The van der Waals surface area contributed by atoms with E-state index in [-0.39, 0.29) is 10.6 Å². The van der Waals surface area contributed by atoms with Gasteiger partial charge in [-0.05, 0) is 25.0 Å². The SMILES string of the molecule is CN(Cc1cnn(C)c1)c1ccc(S(=O)(=O)N2CCCCCC2)cc1[N+](=O)[O-]. The van der Waals surface area contributed by atoms with Crippen molar-refractivity contribution in [3.05, 3.63) is 46.3 Å². The molecule has 0 radical (unpaired) electrons. The van der Waals surface area contributed by atoms with Gasteiger partial charge in [-0.3, -0.25) is 14.8 Å². The van der Waals surface area contributed by atoms with Gasteiger partial charge in [-0.2, -0.15) is 9.40 Å². The average molecular weight is 407 g/mol. The summed E-state index contributed by atoms with van der Waals surface area (Å²) in [6.07, 6.45) is 7.16. The average Bonchev–Trinajstić information content (AvgIpc) is 2.89. The summed E-state index contributed by atoms with van der Waals surface area (Å²) >= 11 is 0. The first-order valence-electron chi connectivity index (χ1n) is 9.26. The monoisotopic (exact) mass is 407 g/mol. The maximum atomic E-state index is 13.0. The Morgan fingerprint density at radius 2 is 1.89 bits per heavy atom. The number of sulfonamides is 1.